The summed E-state index contributed by atoms with van der Waals surface area (Å²) in [6.07, 6.45) is 5.40. The van der Waals surface area contributed by atoms with E-state index in [4.69, 9.17) is 4.52 Å². The first-order valence-corrected chi connectivity index (χ1v) is 9.11. The lowest BCUT2D eigenvalue weighted by molar-refractivity contribution is -0.140. The smallest absolute Gasteiger partial charge is 0.305 e. The van der Waals surface area contributed by atoms with Gasteiger partial charge in [0.1, 0.15) is 0 Å². The highest BCUT2D eigenvalue weighted by atomic mass is 127. The minimum absolute atomic E-state index is 0. The molecule has 1 heterocycles. The summed E-state index contributed by atoms with van der Waals surface area (Å²) in [6, 6.07) is 2.02. The molecule has 1 aromatic rings. The molecule has 0 atom stereocenters. The molecule has 0 aromatic carbocycles. The van der Waals surface area contributed by atoms with E-state index < -0.39 is 0 Å². The molecule has 0 bridgehead atoms. The molecule has 0 amide bonds. The highest BCUT2D eigenvalue weighted by molar-refractivity contribution is 14.0. The number of aromatic nitrogens is 1. The number of esters is 1. The molecule has 0 saturated carbocycles. The number of aliphatic imine (C=N–C) groups is 1. The molecule has 0 spiro atoms. The molecule has 26 heavy (non-hydrogen) atoms. The minimum atomic E-state index is -0.148. The van der Waals surface area contributed by atoms with Crippen molar-refractivity contribution in [3.63, 3.8) is 0 Å². The van der Waals surface area contributed by atoms with E-state index in [9.17, 15) is 4.79 Å². The van der Waals surface area contributed by atoms with Crippen LogP contribution in [0.15, 0.2) is 15.6 Å². The van der Waals surface area contributed by atoms with Gasteiger partial charge in [0.25, 0.3) is 0 Å². The lowest BCUT2D eigenvalue weighted by atomic mass is 9.99. The molecular weight excluding hydrogens is 447 g/mol. The van der Waals surface area contributed by atoms with Crippen LogP contribution in [-0.4, -0.2) is 37.8 Å². The second kappa shape index (κ2) is 14.8. The summed E-state index contributed by atoms with van der Waals surface area (Å²) in [6.45, 7) is 5.68. The maximum Gasteiger partial charge on any atom is 0.305 e. The molecule has 0 unspecified atom stereocenters. The van der Waals surface area contributed by atoms with E-state index >= 15 is 0 Å². The molecule has 0 fully saturated rings. The number of hydrogen-bond donors (Lipinski definition) is 2. The molecule has 8 heteroatoms. The third kappa shape index (κ3) is 9.40. The molecule has 1 aromatic heterocycles. The Balaban J connectivity index is 0.00000625. The van der Waals surface area contributed by atoms with Crippen molar-refractivity contribution in [1.29, 1.82) is 0 Å². The van der Waals surface area contributed by atoms with Crippen LogP contribution < -0.4 is 10.6 Å². The van der Waals surface area contributed by atoms with Crippen LogP contribution in [0.1, 0.15) is 69.7 Å². The number of nitrogens with zero attached hydrogens (tertiary/aromatic N) is 2. The van der Waals surface area contributed by atoms with Crippen molar-refractivity contribution in [3.8, 4) is 0 Å². The molecule has 0 aliphatic rings. The third-order valence-corrected chi connectivity index (χ3v) is 4.21. The van der Waals surface area contributed by atoms with E-state index in [-0.39, 0.29) is 29.9 Å². The predicted molar refractivity (Wildman–Crippen MR) is 114 cm³/mol. The fourth-order valence-corrected chi connectivity index (χ4v) is 2.58. The largest absolute Gasteiger partial charge is 0.469 e. The summed E-state index contributed by atoms with van der Waals surface area (Å²) in [5.74, 6) is 1.85. The van der Waals surface area contributed by atoms with Gasteiger partial charge in [0, 0.05) is 32.0 Å². The second-order valence-corrected chi connectivity index (χ2v) is 5.97. The van der Waals surface area contributed by atoms with Gasteiger partial charge in [0.2, 0.25) is 0 Å². The maximum atomic E-state index is 11.0. The highest BCUT2D eigenvalue weighted by Crippen LogP contribution is 2.22. The van der Waals surface area contributed by atoms with Gasteiger partial charge >= 0.3 is 5.97 Å². The molecule has 0 aliphatic carbocycles. The van der Waals surface area contributed by atoms with Crippen molar-refractivity contribution in [3.05, 3.63) is 17.5 Å². The van der Waals surface area contributed by atoms with E-state index in [1.165, 1.54) is 7.11 Å². The van der Waals surface area contributed by atoms with Gasteiger partial charge in [-0.2, -0.15) is 0 Å². The number of halogens is 1. The first-order chi connectivity index (χ1) is 12.1. The van der Waals surface area contributed by atoms with Gasteiger partial charge in [0.15, 0.2) is 11.7 Å². The third-order valence-electron chi connectivity index (χ3n) is 4.21. The summed E-state index contributed by atoms with van der Waals surface area (Å²) in [5, 5.41) is 10.6. The molecule has 0 radical (unpaired) electrons. The van der Waals surface area contributed by atoms with Gasteiger partial charge < -0.3 is 19.9 Å². The van der Waals surface area contributed by atoms with Crippen molar-refractivity contribution in [1.82, 2.24) is 15.8 Å². The lowest BCUT2D eigenvalue weighted by Gasteiger charge is -2.10. The first kappa shape index (κ1) is 24.7. The Morgan fingerprint density at radius 1 is 1.27 bits per heavy atom. The van der Waals surface area contributed by atoms with E-state index in [0.29, 0.717) is 18.9 Å². The highest BCUT2D eigenvalue weighted by Gasteiger charge is 2.13. The van der Waals surface area contributed by atoms with E-state index in [0.717, 1.165) is 56.1 Å². The SMILES string of the molecule is CCC(CC)c1cc(CNC(=NC)NCCCCCC(=O)OC)on1.I. The Hall–Kier alpha value is -1.32. The fourth-order valence-electron chi connectivity index (χ4n) is 2.58. The van der Waals surface area contributed by atoms with Crippen molar-refractivity contribution in [2.45, 2.75) is 64.8 Å². The number of carbonyl (C=O) groups is 1. The summed E-state index contributed by atoms with van der Waals surface area (Å²) < 4.78 is 10.0. The zero-order chi connectivity index (χ0) is 18.5. The second-order valence-electron chi connectivity index (χ2n) is 5.97. The van der Waals surface area contributed by atoms with Gasteiger partial charge in [-0.05, 0) is 25.7 Å². The molecular formula is C18H33IN4O3. The fraction of sp³-hybridized carbons (Fsp3) is 0.722. The molecule has 0 saturated heterocycles. The van der Waals surface area contributed by atoms with Crippen LogP contribution in [0.5, 0.6) is 0 Å². The zero-order valence-electron chi connectivity index (χ0n) is 16.3. The average molecular weight is 480 g/mol. The Morgan fingerprint density at radius 3 is 2.62 bits per heavy atom. The van der Waals surface area contributed by atoms with Crippen LogP contribution in [-0.2, 0) is 16.1 Å². The van der Waals surface area contributed by atoms with Crippen molar-refractivity contribution >= 4 is 35.9 Å². The number of methoxy groups -OCH3 is 1. The minimum Gasteiger partial charge on any atom is -0.469 e. The van der Waals surface area contributed by atoms with Gasteiger partial charge in [-0.3, -0.25) is 9.79 Å². The number of carbonyl (C=O) groups excluding carboxylic acids is 1. The van der Waals surface area contributed by atoms with Gasteiger partial charge in [-0.25, -0.2) is 0 Å². The summed E-state index contributed by atoms with van der Waals surface area (Å²) >= 11 is 0. The molecule has 150 valence electrons. The van der Waals surface area contributed by atoms with Crippen LogP contribution in [0.4, 0.5) is 0 Å². The van der Waals surface area contributed by atoms with Crippen LogP contribution >= 0.6 is 24.0 Å². The Bertz CT molecular complexity index is 530. The lowest BCUT2D eigenvalue weighted by Crippen LogP contribution is -2.37. The monoisotopic (exact) mass is 480 g/mol. The Morgan fingerprint density at radius 2 is 2.00 bits per heavy atom. The predicted octanol–water partition coefficient (Wildman–Crippen LogP) is 3.59. The number of guanidine groups is 1. The van der Waals surface area contributed by atoms with Crippen LogP contribution in [0.2, 0.25) is 0 Å². The van der Waals surface area contributed by atoms with Crippen LogP contribution in [0, 0.1) is 0 Å². The van der Waals surface area contributed by atoms with Crippen LogP contribution in [0.3, 0.4) is 0 Å². The van der Waals surface area contributed by atoms with Crippen LogP contribution in [0.25, 0.3) is 0 Å². The van der Waals surface area contributed by atoms with E-state index in [1.54, 1.807) is 7.05 Å². The molecule has 2 N–H and O–H groups in total. The van der Waals surface area contributed by atoms with Crippen molar-refractivity contribution < 1.29 is 14.1 Å². The van der Waals surface area contributed by atoms with Gasteiger partial charge in [-0.15, -0.1) is 24.0 Å². The van der Waals surface area contributed by atoms with Gasteiger partial charge in [0.05, 0.1) is 19.3 Å². The molecule has 0 aliphatic heterocycles. The van der Waals surface area contributed by atoms with E-state index in [1.807, 2.05) is 6.07 Å². The average Bonchev–Trinajstić information content (AvgIpc) is 3.10. The number of rotatable bonds is 11. The Kier molecular flexibility index (Phi) is 14.1. The quantitative estimate of drug-likeness (QED) is 0.166. The maximum absolute atomic E-state index is 11.0. The normalized spacial score (nSPS) is 11.2. The summed E-state index contributed by atoms with van der Waals surface area (Å²) in [4.78, 5) is 15.2. The number of nitrogens with one attached hydrogen (secondary N) is 2. The number of hydrogen-bond acceptors (Lipinski definition) is 5. The van der Waals surface area contributed by atoms with E-state index in [2.05, 4.69) is 39.4 Å². The van der Waals surface area contributed by atoms with Gasteiger partial charge in [-0.1, -0.05) is 25.4 Å². The standard InChI is InChI=1S/C18H32N4O3.HI/c1-5-14(6-2)16-12-15(25-22-16)13-21-18(19-3)20-11-9-7-8-10-17(23)24-4;/h12,14H,5-11,13H2,1-4H3,(H2,19,20,21);1H. The first-order valence-electron chi connectivity index (χ1n) is 9.11. The Labute approximate surface area is 173 Å². The topological polar surface area (TPSA) is 88.8 Å². The molecule has 1 rings (SSSR count). The number of ether oxygens (including phenoxy) is 1. The van der Waals surface area contributed by atoms with Crippen molar-refractivity contribution in [2.24, 2.45) is 4.99 Å². The van der Waals surface area contributed by atoms with Crippen molar-refractivity contribution in [2.75, 3.05) is 20.7 Å². The number of unbranched alkanes of at least 4 members (excludes halogenated alkanes) is 2. The zero-order valence-corrected chi connectivity index (χ0v) is 18.7. The summed E-state index contributed by atoms with van der Waals surface area (Å²) in [7, 11) is 3.16. The summed E-state index contributed by atoms with van der Waals surface area (Å²) in [5.41, 5.74) is 1.02. The molecule has 7 nitrogen and oxygen atoms in total.